The Hall–Kier alpha value is -3.31. The van der Waals surface area contributed by atoms with E-state index in [9.17, 15) is 18.0 Å². The largest absolute Gasteiger partial charge is 0.416 e. The van der Waals surface area contributed by atoms with Crippen molar-refractivity contribution in [3.05, 3.63) is 75.8 Å². The van der Waals surface area contributed by atoms with Crippen LogP contribution in [0.3, 0.4) is 0 Å². The van der Waals surface area contributed by atoms with Crippen LogP contribution in [0.2, 0.25) is 0 Å². The van der Waals surface area contributed by atoms with E-state index < -0.39 is 11.7 Å². The second-order valence-corrected chi connectivity index (χ2v) is 9.73. The highest BCUT2D eigenvalue weighted by molar-refractivity contribution is 7.11. The van der Waals surface area contributed by atoms with Crippen LogP contribution < -0.4 is 10.6 Å². The van der Waals surface area contributed by atoms with Crippen molar-refractivity contribution in [2.24, 2.45) is 0 Å². The molecule has 1 fully saturated rings. The molecule has 5 rings (SSSR count). The third-order valence-corrected chi connectivity index (χ3v) is 7.28. The van der Waals surface area contributed by atoms with Gasteiger partial charge in [0.15, 0.2) is 0 Å². The first-order valence-electron chi connectivity index (χ1n) is 11.2. The lowest BCUT2D eigenvalue weighted by Gasteiger charge is -2.13. The number of alkyl halides is 3. The van der Waals surface area contributed by atoms with Crippen molar-refractivity contribution in [1.29, 1.82) is 0 Å². The Morgan fingerprint density at radius 1 is 1.23 bits per heavy atom. The molecule has 0 saturated carbocycles. The van der Waals surface area contributed by atoms with E-state index in [1.807, 2.05) is 6.92 Å². The smallest absolute Gasteiger partial charge is 0.343 e. The number of amides is 1. The van der Waals surface area contributed by atoms with Crippen molar-refractivity contribution >= 4 is 28.3 Å². The second kappa shape index (κ2) is 9.38. The van der Waals surface area contributed by atoms with Crippen LogP contribution in [0.25, 0.3) is 11.0 Å². The van der Waals surface area contributed by atoms with E-state index in [-0.39, 0.29) is 11.9 Å². The van der Waals surface area contributed by atoms with Gasteiger partial charge in [0.1, 0.15) is 11.2 Å². The molecular weight excluding hydrogens is 477 g/mol. The van der Waals surface area contributed by atoms with Crippen molar-refractivity contribution in [2.75, 3.05) is 13.1 Å². The number of nitrogens with one attached hydrogen (secondary N) is 2. The second-order valence-electron chi connectivity index (χ2n) is 8.58. The molecule has 0 aliphatic carbocycles. The molecular formula is C24H23F3N6OS. The number of halogens is 3. The number of carbonyl (C=O) groups is 1. The van der Waals surface area contributed by atoms with Crippen molar-refractivity contribution in [3.8, 4) is 0 Å². The number of nitrogens with zero attached hydrogens (tertiary/aromatic N) is 4. The summed E-state index contributed by atoms with van der Waals surface area (Å²) in [6.45, 7) is 3.68. The van der Waals surface area contributed by atoms with Crippen LogP contribution in [-0.4, -0.2) is 38.5 Å². The van der Waals surface area contributed by atoms with Gasteiger partial charge in [-0.15, -0.1) is 11.3 Å². The maximum absolute atomic E-state index is 12.9. The van der Waals surface area contributed by atoms with E-state index in [0.717, 1.165) is 58.1 Å². The monoisotopic (exact) mass is 500 g/mol. The first kappa shape index (κ1) is 23.4. The van der Waals surface area contributed by atoms with Gasteiger partial charge in [-0.25, -0.2) is 15.0 Å². The predicted molar refractivity (Wildman–Crippen MR) is 126 cm³/mol. The van der Waals surface area contributed by atoms with Crippen LogP contribution in [0.1, 0.15) is 56.9 Å². The van der Waals surface area contributed by atoms with Gasteiger partial charge in [0.05, 0.1) is 34.7 Å². The number of fused-ring (bicyclic) bond motifs is 1. The van der Waals surface area contributed by atoms with Crippen LogP contribution >= 0.6 is 11.3 Å². The van der Waals surface area contributed by atoms with Gasteiger partial charge in [-0.3, -0.25) is 4.79 Å². The molecule has 4 heterocycles. The topological polar surface area (TPSA) is 84.7 Å². The SMILES string of the molecule is C[C@@H](NC(=O)c1cc2c(cn1)ncn2[C@@H]1CCNC1)c1cnc(Cc2ccc(C(F)(F)F)cc2)s1. The third-order valence-electron chi connectivity index (χ3n) is 6.10. The summed E-state index contributed by atoms with van der Waals surface area (Å²) in [5, 5.41) is 7.06. The summed E-state index contributed by atoms with van der Waals surface area (Å²) in [6, 6.07) is 6.84. The number of pyridine rings is 1. The molecule has 11 heteroatoms. The highest BCUT2D eigenvalue weighted by Crippen LogP contribution is 2.30. The summed E-state index contributed by atoms with van der Waals surface area (Å²) < 4.78 is 40.4. The van der Waals surface area contributed by atoms with Crippen LogP contribution in [0.5, 0.6) is 0 Å². The van der Waals surface area contributed by atoms with E-state index in [0.29, 0.717) is 18.2 Å². The standard InChI is InChI=1S/C24H23F3N6OS/c1-14(21-12-30-22(35-21)8-15-2-4-16(5-3-15)24(25,26)27)32-23(34)18-9-20-19(11-29-18)31-13-33(20)17-6-7-28-10-17/h2-5,9,11-14,17,28H,6-8,10H2,1H3,(H,32,34)/t14-,17-/m1/s1. The normalized spacial score (nSPS) is 17.1. The van der Waals surface area contributed by atoms with Crippen molar-refractivity contribution < 1.29 is 18.0 Å². The molecule has 7 nitrogen and oxygen atoms in total. The number of hydrogen-bond acceptors (Lipinski definition) is 6. The fraction of sp³-hybridized carbons (Fsp3) is 0.333. The van der Waals surface area contributed by atoms with Gasteiger partial charge >= 0.3 is 6.18 Å². The minimum Gasteiger partial charge on any atom is -0.343 e. The Labute approximate surface area is 203 Å². The molecule has 1 amide bonds. The van der Waals surface area contributed by atoms with Gasteiger partial charge in [0.25, 0.3) is 5.91 Å². The van der Waals surface area contributed by atoms with Crippen LogP contribution in [0, 0.1) is 0 Å². The number of thiazole rings is 1. The third kappa shape index (κ3) is 5.06. The minimum atomic E-state index is -4.35. The molecule has 1 aliphatic heterocycles. The Kier molecular flexibility index (Phi) is 6.28. The average Bonchev–Trinajstić information content (AvgIpc) is 3.59. The van der Waals surface area contributed by atoms with Gasteiger partial charge in [-0.05, 0) is 43.7 Å². The van der Waals surface area contributed by atoms with Gasteiger partial charge < -0.3 is 15.2 Å². The first-order valence-corrected chi connectivity index (χ1v) is 12.0. The maximum Gasteiger partial charge on any atom is 0.416 e. The number of rotatable bonds is 6. The van der Waals surface area contributed by atoms with E-state index in [2.05, 4.69) is 30.2 Å². The summed E-state index contributed by atoms with van der Waals surface area (Å²) in [4.78, 5) is 26.8. The fourth-order valence-electron chi connectivity index (χ4n) is 4.16. The molecule has 35 heavy (non-hydrogen) atoms. The molecule has 1 aromatic carbocycles. The highest BCUT2D eigenvalue weighted by Gasteiger charge is 2.30. The summed E-state index contributed by atoms with van der Waals surface area (Å²) >= 11 is 1.42. The van der Waals surface area contributed by atoms with Crippen molar-refractivity contribution in [1.82, 2.24) is 30.2 Å². The zero-order valence-corrected chi connectivity index (χ0v) is 19.7. The van der Waals surface area contributed by atoms with E-state index in [1.54, 1.807) is 24.8 Å². The number of carbonyl (C=O) groups excluding carboxylic acids is 1. The van der Waals surface area contributed by atoms with Crippen LogP contribution in [0.4, 0.5) is 13.2 Å². The lowest BCUT2D eigenvalue weighted by Crippen LogP contribution is -2.27. The molecule has 0 spiro atoms. The zero-order valence-electron chi connectivity index (χ0n) is 18.8. The molecule has 182 valence electrons. The molecule has 4 aromatic rings. The Morgan fingerprint density at radius 3 is 2.74 bits per heavy atom. The highest BCUT2D eigenvalue weighted by atomic mass is 32.1. The molecule has 0 bridgehead atoms. The number of hydrogen-bond donors (Lipinski definition) is 2. The molecule has 0 radical (unpaired) electrons. The Balaban J connectivity index is 1.25. The molecule has 3 aromatic heterocycles. The van der Waals surface area contributed by atoms with Gasteiger partial charge in [0, 0.05) is 30.1 Å². The molecule has 1 saturated heterocycles. The lowest BCUT2D eigenvalue weighted by molar-refractivity contribution is -0.137. The molecule has 0 unspecified atom stereocenters. The summed E-state index contributed by atoms with van der Waals surface area (Å²) in [7, 11) is 0. The van der Waals surface area contributed by atoms with E-state index >= 15 is 0 Å². The first-order chi connectivity index (χ1) is 16.8. The van der Waals surface area contributed by atoms with Gasteiger partial charge in [-0.2, -0.15) is 13.2 Å². The molecule has 2 N–H and O–H groups in total. The van der Waals surface area contributed by atoms with Crippen LogP contribution in [0.15, 0.2) is 49.1 Å². The van der Waals surface area contributed by atoms with Crippen LogP contribution in [-0.2, 0) is 12.6 Å². The van der Waals surface area contributed by atoms with Crippen molar-refractivity contribution in [2.45, 2.75) is 38.0 Å². The van der Waals surface area contributed by atoms with E-state index in [4.69, 9.17) is 0 Å². The Morgan fingerprint density at radius 2 is 2.03 bits per heavy atom. The summed E-state index contributed by atoms with van der Waals surface area (Å²) in [5.74, 6) is -0.297. The fourth-order valence-corrected chi connectivity index (χ4v) is 5.11. The quantitative estimate of drug-likeness (QED) is 0.407. The summed E-state index contributed by atoms with van der Waals surface area (Å²) in [5.41, 5.74) is 2.00. The maximum atomic E-state index is 12.9. The van der Waals surface area contributed by atoms with E-state index in [1.165, 1.54) is 23.5 Å². The van der Waals surface area contributed by atoms with Gasteiger partial charge in [0.2, 0.25) is 0 Å². The van der Waals surface area contributed by atoms with Crippen molar-refractivity contribution in [3.63, 3.8) is 0 Å². The lowest BCUT2D eigenvalue weighted by atomic mass is 10.1. The number of imidazole rings is 1. The zero-order chi connectivity index (χ0) is 24.6. The predicted octanol–water partition coefficient (Wildman–Crippen LogP) is 4.52. The van der Waals surface area contributed by atoms with Gasteiger partial charge in [-0.1, -0.05) is 12.1 Å². The average molecular weight is 501 g/mol. The number of benzene rings is 1. The molecule has 2 atom stereocenters. The summed E-state index contributed by atoms with van der Waals surface area (Å²) in [6.07, 6.45) is 2.17. The number of aromatic nitrogens is 4. The molecule has 1 aliphatic rings. The Bertz CT molecular complexity index is 1340. The minimum absolute atomic E-state index is 0.297.